The molecule has 3 nitrogen and oxygen atoms in total. The lowest BCUT2D eigenvalue weighted by Crippen LogP contribution is -2.30. The van der Waals surface area contributed by atoms with Crippen LogP contribution in [0.3, 0.4) is 0 Å². The molecule has 0 unspecified atom stereocenters. The smallest absolute Gasteiger partial charge is 0.191 e. The summed E-state index contributed by atoms with van der Waals surface area (Å²) in [7, 11) is 3.63. The van der Waals surface area contributed by atoms with Crippen LogP contribution in [0.1, 0.15) is 0 Å². The zero-order valence-electron chi connectivity index (χ0n) is 6.16. The largest absolute Gasteiger partial charge is 0.370 e. The van der Waals surface area contributed by atoms with E-state index in [0.29, 0.717) is 12.5 Å². The maximum absolute atomic E-state index is 5.38. The van der Waals surface area contributed by atoms with Gasteiger partial charge in [-0.05, 0) is 0 Å². The van der Waals surface area contributed by atoms with Crippen LogP contribution < -0.4 is 5.73 Å². The van der Waals surface area contributed by atoms with Crippen LogP contribution >= 0.6 is 24.0 Å². The van der Waals surface area contributed by atoms with E-state index in [1.54, 1.807) is 4.90 Å². The maximum atomic E-state index is 5.38. The number of hydrogen-bond acceptors (Lipinski definition) is 1. The first-order valence-electron chi connectivity index (χ1n) is 2.59. The van der Waals surface area contributed by atoms with Crippen molar-refractivity contribution in [2.45, 2.75) is 0 Å². The molecule has 0 bridgehead atoms. The molecule has 0 radical (unpaired) electrons. The summed E-state index contributed by atoms with van der Waals surface area (Å²) in [5.74, 6) is 2.83. The summed E-state index contributed by atoms with van der Waals surface area (Å²) < 4.78 is 0. The van der Waals surface area contributed by atoms with Crippen LogP contribution in [0, 0.1) is 12.3 Å². The van der Waals surface area contributed by atoms with Crippen LogP contribution in [0.5, 0.6) is 0 Å². The second-order valence-electron chi connectivity index (χ2n) is 1.77. The number of halogens is 1. The molecule has 0 aromatic carbocycles. The van der Waals surface area contributed by atoms with Crippen LogP contribution in [-0.2, 0) is 0 Å². The Morgan fingerprint density at radius 3 is 2.50 bits per heavy atom. The highest BCUT2D eigenvalue weighted by Gasteiger charge is 1.88. The minimum Gasteiger partial charge on any atom is -0.370 e. The standard InChI is InChI=1S/C6H11N3.HI/c1-4-5-8-6(7)9(2)3;/h1H,5H2,2-3H3,(H2,7,8);1H. The third kappa shape index (κ3) is 5.69. The molecule has 0 aliphatic rings. The molecule has 0 rings (SSSR count). The van der Waals surface area contributed by atoms with Gasteiger partial charge >= 0.3 is 0 Å². The first-order valence-corrected chi connectivity index (χ1v) is 2.59. The monoisotopic (exact) mass is 253 g/mol. The van der Waals surface area contributed by atoms with Crippen molar-refractivity contribution in [1.82, 2.24) is 4.90 Å². The molecule has 0 fully saturated rings. The van der Waals surface area contributed by atoms with E-state index in [9.17, 15) is 0 Å². The summed E-state index contributed by atoms with van der Waals surface area (Å²) >= 11 is 0. The first-order chi connectivity index (χ1) is 4.18. The van der Waals surface area contributed by atoms with E-state index >= 15 is 0 Å². The highest BCUT2D eigenvalue weighted by molar-refractivity contribution is 14.0. The maximum Gasteiger partial charge on any atom is 0.191 e. The fraction of sp³-hybridized carbons (Fsp3) is 0.500. The molecule has 0 aromatic heterocycles. The van der Waals surface area contributed by atoms with Gasteiger partial charge < -0.3 is 10.6 Å². The fourth-order valence-corrected chi connectivity index (χ4v) is 0.268. The van der Waals surface area contributed by atoms with Gasteiger partial charge in [0.25, 0.3) is 0 Å². The Balaban J connectivity index is 0. The molecule has 0 spiro atoms. The Bertz CT molecular complexity index is 146. The summed E-state index contributed by atoms with van der Waals surface area (Å²) in [6.45, 7) is 0.351. The van der Waals surface area contributed by atoms with Crippen molar-refractivity contribution in [1.29, 1.82) is 0 Å². The molecule has 0 aromatic rings. The summed E-state index contributed by atoms with van der Waals surface area (Å²) in [5.41, 5.74) is 5.38. The van der Waals surface area contributed by atoms with Crippen molar-refractivity contribution in [2.75, 3.05) is 20.6 Å². The highest BCUT2D eigenvalue weighted by atomic mass is 127. The van der Waals surface area contributed by atoms with Crippen molar-refractivity contribution in [3.63, 3.8) is 0 Å². The van der Waals surface area contributed by atoms with E-state index in [-0.39, 0.29) is 24.0 Å². The molecule has 58 valence electrons. The SMILES string of the molecule is C#CCN=C(N)N(C)C.I. The average Bonchev–Trinajstić information content (AvgIpc) is 1.82. The van der Waals surface area contributed by atoms with Gasteiger partial charge in [0.2, 0.25) is 0 Å². The van der Waals surface area contributed by atoms with E-state index in [2.05, 4.69) is 10.9 Å². The van der Waals surface area contributed by atoms with Crippen molar-refractivity contribution in [3.05, 3.63) is 0 Å². The second-order valence-corrected chi connectivity index (χ2v) is 1.77. The lowest BCUT2D eigenvalue weighted by atomic mass is 10.7. The molecule has 2 N–H and O–H groups in total. The van der Waals surface area contributed by atoms with E-state index in [1.807, 2.05) is 14.1 Å². The minimum atomic E-state index is 0. The van der Waals surface area contributed by atoms with Gasteiger partial charge in [-0.3, -0.25) is 0 Å². The minimum absolute atomic E-state index is 0. The molecule has 0 heterocycles. The molecule has 4 heteroatoms. The van der Waals surface area contributed by atoms with Crippen LogP contribution in [0.15, 0.2) is 4.99 Å². The molecule has 10 heavy (non-hydrogen) atoms. The zero-order valence-corrected chi connectivity index (χ0v) is 8.49. The number of guanidine groups is 1. The van der Waals surface area contributed by atoms with Crippen molar-refractivity contribution in [3.8, 4) is 12.3 Å². The molecule has 0 saturated heterocycles. The molecule has 0 aliphatic heterocycles. The fourth-order valence-electron chi connectivity index (χ4n) is 0.268. The number of nitrogens with two attached hydrogens (primary N) is 1. The normalized spacial score (nSPS) is 9.50. The molecule has 0 saturated carbocycles. The highest BCUT2D eigenvalue weighted by Crippen LogP contribution is 1.73. The Hall–Kier alpha value is -0.440. The van der Waals surface area contributed by atoms with Crippen LogP contribution in [0.4, 0.5) is 0 Å². The van der Waals surface area contributed by atoms with Crippen LogP contribution in [0.2, 0.25) is 0 Å². The Morgan fingerprint density at radius 1 is 1.70 bits per heavy atom. The number of nitrogens with zero attached hydrogens (tertiary/aromatic N) is 2. The van der Waals surface area contributed by atoms with Gasteiger partial charge in [-0.2, -0.15) is 0 Å². The van der Waals surface area contributed by atoms with Crippen molar-refractivity contribution in [2.24, 2.45) is 10.7 Å². The summed E-state index contributed by atoms with van der Waals surface area (Å²) in [5, 5.41) is 0. The topological polar surface area (TPSA) is 41.6 Å². The zero-order chi connectivity index (χ0) is 7.28. The number of rotatable bonds is 1. The van der Waals surface area contributed by atoms with E-state index in [4.69, 9.17) is 12.2 Å². The van der Waals surface area contributed by atoms with Crippen molar-refractivity contribution >= 4 is 29.9 Å². The predicted molar refractivity (Wildman–Crippen MR) is 54.4 cm³/mol. The van der Waals surface area contributed by atoms with E-state index in [0.717, 1.165) is 0 Å². The second kappa shape index (κ2) is 6.68. The third-order valence-corrected chi connectivity index (χ3v) is 0.791. The van der Waals surface area contributed by atoms with Crippen molar-refractivity contribution < 1.29 is 0 Å². The lowest BCUT2D eigenvalue weighted by molar-refractivity contribution is 0.612. The number of terminal acetylenes is 1. The molecule has 0 amide bonds. The number of hydrogen-bond donors (Lipinski definition) is 1. The van der Waals surface area contributed by atoms with Gasteiger partial charge in [-0.25, -0.2) is 4.99 Å². The molecule has 0 aliphatic carbocycles. The van der Waals surface area contributed by atoms with Gasteiger partial charge in [0.05, 0.1) is 0 Å². The summed E-state index contributed by atoms with van der Waals surface area (Å²) in [6.07, 6.45) is 4.95. The van der Waals surface area contributed by atoms with Crippen LogP contribution in [0.25, 0.3) is 0 Å². The first kappa shape index (κ1) is 12.3. The quantitative estimate of drug-likeness (QED) is 0.312. The van der Waals surface area contributed by atoms with Gasteiger partial charge in [0.1, 0.15) is 6.54 Å². The molecule has 0 atom stereocenters. The average molecular weight is 253 g/mol. The Morgan fingerprint density at radius 2 is 2.20 bits per heavy atom. The Kier molecular flexibility index (Phi) is 8.18. The van der Waals surface area contributed by atoms with Crippen LogP contribution in [-0.4, -0.2) is 31.5 Å². The predicted octanol–water partition coefficient (Wildman–Crippen LogP) is 0.114. The van der Waals surface area contributed by atoms with Gasteiger partial charge in [-0.1, -0.05) is 5.92 Å². The van der Waals surface area contributed by atoms with Gasteiger partial charge in [0.15, 0.2) is 5.96 Å². The summed E-state index contributed by atoms with van der Waals surface area (Å²) in [6, 6.07) is 0. The number of aliphatic imine (C=N–C) groups is 1. The molecular weight excluding hydrogens is 241 g/mol. The lowest BCUT2D eigenvalue weighted by Gasteiger charge is -2.08. The Labute approximate surface area is 78.7 Å². The third-order valence-electron chi connectivity index (χ3n) is 0.791. The van der Waals surface area contributed by atoms with E-state index in [1.165, 1.54) is 0 Å². The van der Waals surface area contributed by atoms with Gasteiger partial charge in [-0.15, -0.1) is 30.4 Å². The molecular formula is C6H12IN3. The van der Waals surface area contributed by atoms with Gasteiger partial charge in [0, 0.05) is 14.1 Å². The van der Waals surface area contributed by atoms with E-state index < -0.39 is 0 Å². The summed E-state index contributed by atoms with van der Waals surface area (Å²) in [4.78, 5) is 5.53.